The number of rotatable bonds is 2. The van der Waals surface area contributed by atoms with Gasteiger partial charge in [-0.3, -0.25) is 0 Å². The maximum atomic E-state index is 13.2. The lowest BCUT2D eigenvalue weighted by Crippen LogP contribution is -2.17. The average molecular weight is 249 g/mol. The molecule has 94 valence electrons. The Morgan fingerprint density at radius 2 is 2.17 bits per heavy atom. The van der Waals surface area contributed by atoms with Crippen LogP contribution in [-0.2, 0) is 0 Å². The molecule has 2 rings (SSSR count). The maximum absolute atomic E-state index is 13.2. The standard InChI is InChI=1S/C11H12FN5O/c1-6-14-7(2)17(15-6)10-4-3-8(12)5-9(10)11(13)16-18/h3-5,18H,1-2H3,(H2,13,16). The van der Waals surface area contributed by atoms with E-state index in [0.717, 1.165) is 0 Å². The predicted molar refractivity (Wildman–Crippen MR) is 63.3 cm³/mol. The van der Waals surface area contributed by atoms with Gasteiger partial charge in [0.1, 0.15) is 17.5 Å². The number of amidine groups is 1. The molecule has 0 spiro atoms. The van der Waals surface area contributed by atoms with Gasteiger partial charge in [-0.15, -0.1) is 0 Å². The first-order chi connectivity index (χ1) is 8.52. The molecular weight excluding hydrogens is 237 g/mol. The van der Waals surface area contributed by atoms with Crippen molar-refractivity contribution in [1.29, 1.82) is 0 Å². The fourth-order valence-corrected chi connectivity index (χ4v) is 1.70. The quantitative estimate of drug-likeness (QED) is 0.361. The van der Waals surface area contributed by atoms with Crippen molar-refractivity contribution >= 4 is 5.84 Å². The molecular formula is C11H12FN5O. The molecule has 0 unspecified atom stereocenters. The van der Waals surface area contributed by atoms with Crippen molar-refractivity contribution in [1.82, 2.24) is 14.8 Å². The van der Waals surface area contributed by atoms with Crippen LogP contribution in [0.5, 0.6) is 0 Å². The van der Waals surface area contributed by atoms with Gasteiger partial charge in [-0.2, -0.15) is 5.10 Å². The molecule has 1 aromatic heterocycles. The van der Waals surface area contributed by atoms with Crippen LogP contribution in [0.1, 0.15) is 17.2 Å². The van der Waals surface area contributed by atoms with E-state index >= 15 is 0 Å². The minimum absolute atomic E-state index is 0.183. The summed E-state index contributed by atoms with van der Waals surface area (Å²) in [6.45, 7) is 3.51. The lowest BCUT2D eigenvalue weighted by atomic mass is 10.1. The second kappa shape index (κ2) is 4.44. The van der Waals surface area contributed by atoms with Crippen molar-refractivity contribution in [3.63, 3.8) is 0 Å². The molecule has 0 saturated carbocycles. The number of hydrogen-bond acceptors (Lipinski definition) is 4. The Balaban J connectivity index is 2.68. The molecule has 0 saturated heterocycles. The van der Waals surface area contributed by atoms with Crippen LogP contribution in [0.4, 0.5) is 4.39 Å². The Bertz CT molecular complexity index is 620. The van der Waals surface area contributed by atoms with Gasteiger partial charge in [0.25, 0.3) is 0 Å². The fraction of sp³-hybridized carbons (Fsp3) is 0.182. The van der Waals surface area contributed by atoms with E-state index in [0.29, 0.717) is 17.3 Å². The van der Waals surface area contributed by atoms with Gasteiger partial charge in [-0.25, -0.2) is 14.1 Å². The van der Waals surface area contributed by atoms with Crippen LogP contribution in [-0.4, -0.2) is 25.8 Å². The molecule has 0 amide bonds. The third-order valence-electron chi connectivity index (χ3n) is 2.45. The summed E-state index contributed by atoms with van der Waals surface area (Å²) in [5.41, 5.74) is 6.29. The number of nitrogens with zero attached hydrogens (tertiary/aromatic N) is 4. The molecule has 2 aromatic rings. The highest BCUT2D eigenvalue weighted by atomic mass is 19.1. The number of hydrogen-bond donors (Lipinski definition) is 2. The van der Waals surface area contributed by atoms with Crippen molar-refractivity contribution in [2.75, 3.05) is 0 Å². The van der Waals surface area contributed by atoms with E-state index in [-0.39, 0.29) is 11.4 Å². The average Bonchev–Trinajstić information content (AvgIpc) is 2.67. The van der Waals surface area contributed by atoms with Crippen LogP contribution in [0.2, 0.25) is 0 Å². The highest BCUT2D eigenvalue weighted by molar-refractivity contribution is 6.00. The fourth-order valence-electron chi connectivity index (χ4n) is 1.70. The molecule has 0 bridgehead atoms. The summed E-state index contributed by atoms with van der Waals surface area (Å²) in [7, 11) is 0. The SMILES string of the molecule is Cc1nc(C)n(-c2ccc(F)cc2/C(N)=N/O)n1. The molecule has 7 heteroatoms. The number of nitrogens with two attached hydrogens (primary N) is 1. The van der Waals surface area contributed by atoms with Crippen molar-refractivity contribution < 1.29 is 9.60 Å². The van der Waals surface area contributed by atoms with Gasteiger partial charge in [0, 0.05) is 5.56 Å². The Labute approximate surface area is 103 Å². The molecule has 1 aromatic carbocycles. The summed E-state index contributed by atoms with van der Waals surface area (Å²) in [4.78, 5) is 4.15. The molecule has 6 nitrogen and oxygen atoms in total. The molecule has 0 radical (unpaired) electrons. The van der Waals surface area contributed by atoms with Crippen molar-refractivity contribution in [3.8, 4) is 5.69 Å². The van der Waals surface area contributed by atoms with E-state index in [2.05, 4.69) is 15.2 Å². The zero-order valence-electron chi connectivity index (χ0n) is 9.92. The lowest BCUT2D eigenvalue weighted by Gasteiger charge is -2.09. The number of benzene rings is 1. The smallest absolute Gasteiger partial charge is 0.172 e. The zero-order chi connectivity index (χ0) is 13.3. The van der Waals surface area contributed by atoms with Gasteiger partial charge in [0.05, 0.1) is 5.69 Å². The van der Waals surface area contributed by atoms with Crippen LogP contribution in [0.15, 0.2) is 23.4 Å². The third-order valence-corrected chi connectivity index (χ3v) is 2.45. The van der Waals surface area contributed by atoms with Crippen LogP contribution >= 0.6 is 0 Å². The summed E-state index contributed by atoms with van der Waals surface area (Å²) in [6, 6.07) is 3.96. The van der Waals surface area contributed by atoms with Gasteiger partial charge < -0.3 is 10.9 Å². The Morgan fingerprint density at radius 1 is 1.44 bits per heavy atom. The predicted octanol–water partition coefficient (Wildman–Crippen LogP) is 1.12. The summed E-state index contributed by atoms with van der Waals surface area (Å²) in [5.74, 6) is 0.556. The summed E-state index contributed by atoms with van der Waals surface area (Å²) >= 11 is 0. The zero-order valence-corrected chi connectivity index (χ0v) is 9.92. The van der Waals surface area contributed by atoms with Crippen LogP contribution in [0.3, 0.4) is 0 Å². The molecule has 0 aliphatic heterocycles. The van der Waals surface area contributed by atoms with Crippen LogP contribution < -0.4 is 5.73 Å². The number of aryl methyl sites for hydroxylation is 2. The van der Waals surface area contributed by atoms with Crippen molar-refractivity contribution in [2.45, 2.75) is 13.8 Å². The minimum Gasteiger partial charge on any atom is -0.409 e. The highest BCUT2D eigenvalue weighted by Gasteiger charge is 2.13. The second-order valence-corrected chi connectivity index (χ2v) is 3.76. The number of halogens is 1. The Morgan fingerprint density at radius 3 is 2.72 bits per heavy atom. The largest absolute Gasteiger partial charge is 0.409 e. The molecule has 1 heterocycles. The van der Waals surface area contributed by atoms with E-state index in [9.17, 15) is 4.39 Å². The monoisotopic (exact) mass is 249 g/mol. The molecule has 0 fully saturated rings. The summed E-state index contributed by atoms with van der Waals surface area (Å²) in [5, 5.41) is 15.8. The summed E-state index contributed by atoms with van der Waals surface area (Å²) < 4.78 is 14.7. The van der Waals surface area contributed by atoms with E-state index in [4.69, 9.17) is 10.9 Å². The van der Waals surface area contributed by atoms with Gasteiger partial charge >= 0.3 is 0 Å². The van der Waals surface area contributed by atoms with Gasteiger partial charge in [-0.05, 0) is 32.0 Å². The number of oxime groups is 1. The molecule has 0 aliphatic rings. The van der Waals surface area contributed by atoms with Crippen LogP contribution in [0, 0.1) is 19.7 Å². The molecule has 0 aliphatic carbocycles. The second-order valence-electron chi connectivity index (χ2n) is 3.76. The van der Waals surface area contributed by atoms with Crippen LogP contribution in [0.25, 0.3) is 5.69 Å². The summed E-state index contributed by atoms with van der Waals surface area (Å²) in [6.07, 6.45) is 0. The van der Waals surface area contributed by atoms with E-state index in [1.807, 2.05) is 0 Å². The lowest BCUT2D eigenvalue weighted by molar-refractivity contribution is 0.318. The van der Waals surface area contributed by atoms with Gasteiger partial charge in [-0.1, -0.05) is 5.16 Å². The van der Waals surface area contributed by atoms with E-state index in [1.54, 1.807) is 13.8 Å². The number of aromatic nitrogens is 3. The topological polar surface area (TPSA) is 89.3 Å². The Kier molecular flexibility index (Phi) is 2.97. The first-order valence-corrected chi connectivity index (χ1v) is 5.21. The van der Waals surface area contributed by atoms with E-state index < -0.39 is 5.82 Å². The first-order valence-electron chi connectivity index (χ1n) is 5.21. The van der Waals surface area contributed by atoms with Crippen molar-refractivity contribution in [2.24, 2.45) is 10.9 Å². The minimum atomic E-state index is -0.477. The van der Waals surface area contributed by atoms with E-state index in [1.165, 1.54) is 22.9 Å². The van der Waals surface area contributed by atoms with Gasteiger partial charge in [0.15, 0.2) is 5.84 Å². The van der Waals surface area contributed by atoms with Gasteiger partial charge in [0.2, 0.25) is 0 Å². The molecule has 0 atom stereocenters. The first kappa shape index (κ1) is 12.0. The normalized spacial score (nSPS) is 11.8. The molecule has 3 N–H and O–H groups in total. The molecule has 18 heavy (non-hydrogen) atoms. The third kappa shape index (κ3) is 2.02. The Hall–Kier alpha value is -2.44. The van der Waals surface area contributed by atoms with Crippen molar-refractivity contribution in [3.05, 3.63) is 41.2 Å². The highest BCUT2D eigenvalue weighted by Crippen LogP contribution is 2.17. The maximum Gasteiger partial charge on any atom is 0.172 e.